The number of hydrogen-bond donors (Lipinski definition) is 0. The van der Waals surface area contributed by atoms with Crippen molar-refractivity contribution in [3.8, 4) is 0 Å². The van der Waals surface area contributed by atoms with Gasteiger partial charge in [-0.2, -0.15) is 0 Å². The van der Waals surface area contributed by atoms with Crippen molar-refractivity contribution in [2.45, 2.75) is 19.3 Å². The lowest BCUT2D eigenvalue weighted by atomic mass is 10.1. The highest BCUT2D eigenvalue weighted by atomic mass is 35.5. The van der Waals surface area contributed by atoms with Crippen molar-refractivity contribution >= 4 is 17.4 Å². The van der Waals surface area contributed by atoms with Crippen LogP contribution >= 0.6 is 11.6 Å². The topological polar surface area (TPSA) is 17.1 Å². The quantitative estimate of drug-likeness (QED) is 0.678. The van der Waals surface area contributed by atoms with Crippen LogP contribution in [-0.2, 0) is 11.2 Å². The first-order valence-corrected chi connectivity index (χ1v) is 5.00. The summed E-state index contributed by atoms with van der Waals surface area (Å²) in [5.41, 5.74) is 1.21. The molecule has 0 aromatic heterocycles. The second kappa shape index (κ2) is 5.61. The molecule has 0 radical (unpaired) electrons. The molecule has 0 spiro atoms. The Morgan fingerprint density at radius 3 is 2.57 bits per heavy atom. The summed E-state index contributed by atoms with van der Waals surface area (Å²) in [7, 11) is 0. The first-order chi connectivity index (χ1) is 6.72. The van der Waals surface area contributed by atoms with Crippen molar-refractivity contribution in [2.24, 2.45) is 0 Å². The van der Waals surface area contributed by atoms with Crippen LogP contribution in [0.1, 0.15) is 18.4 Å². The number of aryl methyl sites for hydroxylation is 1. The highest BCUT2D eigenvalue weighted by molar-refractivity contribution is 6.30. The van der Waals surface area contributed by atoms with E-state index in [2.05, 4.69) is 6.58 Å². The zero-order chi connectivity index (χ0) is 10.4. The molecule has 0 saturated carbocycles. The predicted molar refractivity (Wildman–Crippen MR) is 59.6 cm³/mol. The first-order valence-electron chi connectivity index (χ1n) is 4.62. The normalized spacial score (nSPS) is 9.79. The number of carbonyl (C=O) groups excluding carboxylic acids is 1. The van der Waals surface area contributed by atoms with Gasteiger partial charge in [0.1, 0.15) is 0 Å². The van der Waals surface area contributed by atoms with Crippen molar-refractivity contribution in [1.29, 1.82) is 0 Å². The van der Waals surface area contributed by atoms with Gasteiger partial charge < -0.3 is 0 Å². The minimum absolute atomic E-state index is 0.110. The van der Waals surface area contributed by atoms with Gasteiger partial charge in [-0.1, -0.05) is 30.3 Å². The minimum atomic E-state index is 0.110. The van der Waals surface area contributed by atoms with Gasteiger partial charge >= 0.3 is 0 Å². The molecule has 14 heavy (non-hydrogen) atoms. The van der Waals surface area contributed by atoms with Crippen molar-refractivity contribution < 1.29 is 4.79 Å². The smallest absolute Gasteiger partial charge is 0.155 e. The molecule has 1 nitrogen and oxygen atoms in total. The number of carbonyl (C=O) groups is 1. The van der Waals surface area contributed by atoms with E-state index < -0.39 is 0 Å². The molecular formula is C12H13ClO. The Kier molecular flexibility index (Phi) is 4.41. The van der Waals surface area contributed by atoms with Crippen LogP contribution in [0.3, 0.4) is 0 Å². The fourth-order valence-corrected chi connectivity index (χ4v) is 1.35. The number of rotatable bonds is 5. The number of allylic oxidation sites excluding steroid dienone is 1. The lowest BCUT2D eigenvalue weighted by molar-refractivity contribution is -0.114. The van der Waals surface area contributed by atoms with Crippen LogP contribution < -0.4 is 0 Å². The van der Waals surface area contributed by atoms with E-state index in [-0.39, 0.29) is 5.78 Å². The van der Waals surface area contributed by atoms with Crippen LogP contribution in [0.25, 0.3) is 0 Å². The molecule has 0 amide bonds. The van der Waals surface area contributed by atoms with E-state index in [9.17, 15) is 4.79 Å². The lowest BCUT2D eigenvalue weighted by Crippen LogP contribution is -1.93. The van der Waals surface area contributed by atoms with Crippen LogP contribution in [0.15, 0.2) is 36.9 Å². The summed E-state index contributed by atoms with van der Waals surface area (Å²) in [5, 5.41) is 0.746. The van der Waals surface area contributed by atoms with E-state index in [4.69, 9.17) is 11.6 Å². The average Bonchev–Trinajstić information content (AvgIpc) is 2.21. The van der Waals surface area contributed by atoms with Crippen molar-refractivity contribution in [3.05, 3.63) is 47.5 Å². The summed E-state index contributed by atoms with van der Waals surface area (Å²) in [5.74, 6) is 0.110. The summed E-state index contributed by atoms with van der Waals surface area (Å²) in [6, 6.07) is 7.71. The molecule has 0 aliphatic heterocycles. The van der Waals surface area contributed by atoms with Crippen molar-refractivity contribution in [3.63, 3.8) is 0 Å². The molecule has 0 heterocycles. The molecule has 0 saturated heterocycles. The van der Waals surface area contributed by atoms with Gasteiger partial charge in [0, 0.05) is 11.4 Å². The molecule has 0 aliphatic rings. The Morgan fingerprint density at radius 1 is 1.36 bits per heavy atom. The molecule has 0 atom stereocenters. The van der Waals surface area contributed by atoms with Gasteiger partial charge in [-0.15, -0.1) is 0 Å². The van der Waals surface area contributed by atoms with Crippen molar-refractivity contribution in [1.82, 2.24) is 0 Å². The highest BCUT2D eigenvalue weighted by Crippen LogP contribution is 2.11. The Bertz CT molecular complexity index is 314. The fourth-order valence-electron chi connectivity index (χ4n) is 1.22. The molecule has 2 heteroatoms. The Labute approximate surface area is 89.4 Å². The summed E-state index contributed by atoms with van der Waals surface area (Å²) in [6.07, 6.45) is 3.73. The zero-order valence-electron chi connectivity index (χ0n) is 8.00. The average molecular weight is 209 g/mol. The highest BCUT2D eigenvalue weighted by Gasteiger charge is 1.97. The molecular weight excluding hydrogens is 196 g/mol. The molecule has 0 N–H and O–H groups in total. The maximum absolute atomic E-state index is 10.9. The number of hydrogen-bond acceptors (Lipinski definition) is 1. The summed E-state index contributed by atoms with van der Waals surface area (Å²) < 4.78 is 0. The molecule has 1 aromatic rings. The van der Waals surface area contributed by atoms with E-state index in [1.165, 1.54) is 11.6 Å². The van der Waals surface area contributed by atoms with Gasteiger partial charge in [0.2, 0.25) is 0 Å². The van der Waals surface area contributed by atoms with Gasteiger partial charge in [-0.25, -0.2) is 0 Å². The van der Waals surface area contributed by atoms with Gasteiger partial charge in [-0.05, 0) is 36.6 Å². The summed E-state index contributed by atoms with van der Waals surface area (Å²) in [6.45, 7) is 3.43. The van der Waals surface area contributed by atoms with Crippen molar-refractivity contribution in [2.75, 3.05) is 0 Å². The van der Waals surface area contributed by atoms with E-state index in [0.717, 1.165) is 17.9 Å². The Balaban J connectivity index is 2.35. The van der Waals surface area contributed by atoms with Crippen LogP contribution in [0.5, 0.6) is 0 Å². The van der Waals surface area contributed by atoms with E-state index in [1.807, 2.05) is 24.3 Å². The third-order valence-electron chi connectivity index (χ3n) is 2.03. The van der Waals surface area contributed by atoms with Gasteiger partial charge in [0.25, 0.3) is 0 Å². The van der Waals surface area contributed by atoms with Gasteiger partial charge in [0.15, 0.2) is 5.78 Å². The molecule has 0 aliphatic carbocycles. The van der Waals surface area contributed by atoms with Crippen LogP contribution in [-0.4, -0.2) is 5.78 Å². The second-order valence-electron chi connectivity index (χ2n) is 3.15. The molecule has 1 aromatic carbocycles. The minimum Gasteiger partial charge on any atom is -0.295 e. The zero-order valence-corrected chi connectivity index (χ0v) is 8.76. The number of halogens is 1. The molecule has 74 valence electrons. The number of benzene rings is 1. The van der Waals surface area contributed by atoms with Crippen LogP contribution in [0.2, 0.25) is 5.02 Å². The number of ketones is 1. The largest absolute Gasteiger partial charge is 0.295 e. The Morgan fingerprint density at radius 2 is 2.00 bits per heavy atom. The van der Waals surface area contributed by atoms with E-state index >= 15 is 0 Å². The third kappa shape index (κ3) is 3.75. The standard InChI is InChI=1S/C12H13ClO/c1-2-12(14)5-3-4-10-6-8-11(13)9-7-10/h2,6-9H,1,3-5H2. The maximum atomic E-state index is 10.9. The molecule has 0 unspecified atom stereocenters. The molecule has 0 fully saturated rings. The lowest BCUT2D eigenvalue weighted by Gasteiger charge is -1.99. The SMILES string of the molecule is C=CC(=O)CCCc1ccc(Cl)cc1. The Hall–Kier alpha value is -1.08. The fraction of sp³-hybridized carbons (Fsp3) is 0.250. The third-order valence-corrected chi connectivity index (χ3v) is 2.28. The summed E-state index contributed by atoms with van der Waals surface area (Å²) >= 11 is 5.75. The maximum Gasteiger partial charge on any atom is 0.155 e. The van der Waals surface area contributed by atoms with Gasteiger partial charge in [-0.3, -0.25) is 4.79 Å². The summed E-state index contributed by atoms with van der Waals surface area (Å²) in [4.78, 5) is 10.9. The van der Waals surface area contributed by atoms with E-state index in [0.29, 0.717) is 6.42 Å². The second-order valence-corrected chi connectivity index (χ2v) is 3.59. The monoisotopic (exact) mass is 208 g/mol. The molecule has 0 bridgehead atoms. The predicted octanol–water partition coefficient (Wildman–Crippen LogP) is 3.42. The van der Waals surface area contributed by atoms with E-state index in [1.54, 1.807) is 0 Å². The van der Waals surface area contributed by atoms with Crippen LogP contribution in [0.4, 0.5) is 0 Å². The molecule has 1 rings (SSSR count). The van der Waals surface area contributed by atoms with Crippen LogP contribution in [0, 0.1) is 0 Å². The van der Waals surface area contributed by atoms with Gasteiger partial charge in [0.05, 0.1) is 0 Å². The first kappa shape index (κ1) is 11.0.